The van der Waals surface area contributed by atoms with Crippen LogP contribution in [0.1, 0.15) is 42.6 Å². The number of ether oxygens (including phenoxy) is 1. The topological polar surface area (TPSA) is 49.9 Å². The Balaban J connectivity index is 1.49. The molecule has 0 N–H and O–H groups in total. The lowest BCUT2D eigenvalue weighted by Gasteiger charge is -2.38. The number of fused-ring (bicyclic) bond motifs is 2. The zero-order valence-corrected chi connectivity index (χ0v) is 16.6. The second-order valence-electron chi connectivity index (χ2n) is 7.95. The highest BCUT2D eigenvalue weighted by atomic mass is 16.5. The Labute approximate surface area is 165 Å². The molecule has 0 unspecified atom stereocenters. The molecule has 5 heteroatoms. The van der Waals surface area contributed by atoms with E-state index in [9.17, 15) is 9.59 Å². The second-order valence-corrected chi connectivity index (χ2v) is 7.95. The molecule has 0 radical (unpaired) electrons. The molecule has 1 fully saturated rings. The van der Waals surface area contributed by atoms with Gasteiger partial charge in [0, 0.05) is 31.4 Å². The molecule has 0 aromatic heterocycles. The van der Waals surface area contributed by atoms with Crippen LogP contribution >= 0.6 is 0 Å². The molecule has 0 atom stereocenters. The van der Waals surface area contributed by atoms with Crippen LogP contribution < -0.4 is 9.64 Å². The Morgan fingerprint density at radius 3 is 2.32 bits per heavy atom. The average molecular weight is 378 g/mol. The van der Waals surface area contributed by atoms with Crippen molar-refractivity contribution in [1.82, 2.24) is 4.90 Å². The summed E-state index contributed by atoms with van der Waals surface area (Å²) < 4.78 is 5.65. The summed E-state index contributed by atoms with van der Waals surface area (Å²) in [5, 5.41) is 0. The van der Waals surface area contributed by atoms with Crippen LogP contribution in [0.5, 0.6) is 5.75 Å². The molecule has 2 aromatic carbocycles. The highest BCUT2D eigenvalue weighted by Crippen LogP contribution is 2.47. The minimum Gasteiger partial charge on any atom is -0.491 e. The molecular formula is C23H26N2O3. The Bertz CT molecular complexity index is 896. The molecule has 0 bridgehead atoms. The van der Waals surface area contributed by atoms with Crippen molar-refractivity contribution in [2.75, 3.05) is 25.0 Å². The first-order valence-corrected chi connectivity index (χ1v) is 9.86. The third kappa shape index (κ3) is 2.95. The number of carbonyl (C=O) groups excluding carboxylic acids is 2. The molecular weight excluding hydrogens is 352 g/mol. The highest BCUT2D eigenvalue weighted by Gasteiger charge is 2.51. The average Bonchev–Trinajstić information content (AvgIpc) is 2.91. The molecule has 146 valence electrons. The normalized spacial score (nSPS) is 17.9. The fraction of sp³-hybridized carbons (Fsp3) is 0.391. The molecule has 2 aliphatic rings. The van der Waals surface area contributed by atoms with Gasteiger partial charge in [0.15, 0.2) is 0 Å². The molecule has 1 saturated heterocycles. The van der Waals surface area contributed by atoms with Gasteiger partial charge in [-0.1, -0.05) is 18.2 Å². The second kappa shape index (κ2) is 6.97. The fourth-order valence-electron chi connectivity index (χ4n) is 4.42. The summed E-state index contributed by atoms with van der Waals surface area (Å²) in [4.78, 5) is 29.6. The summed E-state index contributed by atoms with van der Waals surface area (Å²) in [6.07, 6.45) is 1.42. The zero-order valence-electron chi connectivity index (χ0n) is 16.6. The summed E-state index contributed by atoms with van der Waals surface area (Å²) in [5.41, 5.74) is 2.26. The van der Waals surface area contributed by atoms with Gasteiger partial charge in [0.1, 0.15) is 5.75 Å². The third-order valence-corrected chi connectivity index (χ3v) is 5.87. The Hall–Kier alpha value is -2.82. The number of hydrogen-bond acceptors (Lipinski definition) is 3. The zero-order chi connectivity index (χ0) is 19.9. The van der Waals surface area contributed by atoms with Crippen molar-refractivity contribution in [2.24, 2.45) is 0 Å². The molecule has 28 heavy (non-hydrogen) atoms. The summed E-state index contributed by atoms with van der Waals surface area (Å²) in [6, 6.07) is 15.3. The van der Waals surface area contributed by atoms with Gasteiger partial charge in [0.05, 0.1) is 11.5 Å². The minimum atomic E-state index is -0.489. The van der Waals surface area contributed by atoms with Crippen molar-refractivity contribution < 1.29 is 14.3 Å². The highest BCUT2D eigenvalue weighted by molar-refractivity contribution is 6.08. The van der Waals surface area contributed by atoms with E-state index < -0.39 is 5.41 Å². The van der Waals surface area contributed by atoms with Gasteiger partial charge in [-0.05, 0) is 62.6 Å². The van der Waals surface area contributed by atoms with Gasteiger partial charge < -0.3 is 14.5 Å². The molecule has 4 rings (SSSR count). The lowest BCUT2D eigenvalue weighted by molar-refractivity contribution is -0.124. The lowest BCUT2D eigenvalue weighted by Crippen LogP contribution is -2.49. The number of nitrogens with zero attached hydrogens (tertiary/aromatic N) is 2. The van der Waals surface area contributed by atoms with Crippen LogP contribution in [-0.4, -0.2) is 43.0 Å². The van der Waals surface area contributed by atoms with Crippen LogP contribution in [0.15, 0.2) is 48.5 Å². The van der Waals surface area contributed by atoms with E-state index in [0.717, 1.165) is 17.0 Å². The maximum absolute atomic E-state index is 13.0. The standard InChI is InChI=1S/C23H26N2O3/c1-16(2)28-18-10-8-17(9-11-18)21(26)25-14-12-23(13-15-25)19-6-4-5-7-20(19)24(3)22(23)27/h4-11,16H,12-15H2,1-3H3. The van der Waals surface area contributed by atoms with E-state index in [2.05, 4.69) is 6.07 Å². The smallest absolute Gasteiger partial charge is 0.253 e. The predicted molar refractivity (Wildman–Crippen MR) is 109 cm³/mol. The number of carbonyl (C=O) groups is 2. The number of likely N-dealkylation sites (N-methyl/N-ethyl adjacent to an activating group) is 1. The first-order chi connectivity index (χ1) is 13.4. The number of likely N-dealkylation sites (tertiary alicyclic amines) is 1. The molecule has 2 heterocycles. The van der Waals surface area contributed by atoms with Crippen LogP contribution in [0.4, 0.5) is 5.69 Å². The van der Waals surface area contributed by atoms with Crippen molar-refractivity contribution in [1.29, 1.82) is 0 Å². The van der Waals surface area contributed by atoms with Crippen molar-refractivity contribution in [3.8, 4) is 5.75 Å². The first kappa shape index (κ1) is 18.5. The summed E-state index contributed by atoms with van der Waals surface area (Å²) in [7, 11) is 1.84. The van der Waals surface area contributed by atoms with Crippen LogP contribution in [0.3, 0.4) is 0 Å². The molecule has 2 aromatic rings. The van der Waals surface area contributed by atoms with Gasteiger partial charge in [-0.3, -0.25) is 9.59 Å². The molecule has 1 spiro atoms. The number of anilines is 1. The van der Waals surface area contributed by atoms with Gasteiger partial charge in [0.2, 0.25) is 5.91 Å². The summed E-state index contributed by atoms with van der Waals surface area (Å²) >= 11 is 0. The number of benzene rings is 2. The van der Waals surface area contributed by atoms with E-state index in [1.165, 1.54) is 0 Å². The van der Waals surface area contributed by atoms with Gasteiger partial charge in [-0.15, -0.1) is 0 Å². The maximum atomic E-state index is 13.0. The number of para-hydroxylation sites is 1. The van der Waals surface area contributed by atoms with Crippen LogP contribution in [0.2, 0.25) is 0 Å². The molecule has 2 aliphatic heterocycles. The van der Waals surface area contributed by atoms with Gasteiger partial charge in [-0.25, -0.2) is 0 Å². The maximum Gasteiger partial charge on any atom is 0.253 e. The lowest BCUT2D eigenvalue weighted by atomic mass is 9.73. The van der Waals surface area contributed by atoms with Gasteiger partial charge in [-0.2, -0.15) is 0 Å². The van der Waals surface area contributed by atoms with E-state index in [1.54, 1.807) is 4.90 Å². The van der Waals surface area contributed by atoms with Crippen LogP contribution in [0.25, 0.3) is 0 Å². The van der Waals surface area contributed by atoms with Crippen LogP contribution in [0, 0.1) is 0 Å². The van der Waals surface area contributed by atoms with Gasteiger partial charge in [0.25, 0.3) is 5.91 Å². The van der Waals surface area contributed by atoms with E-state index >= 15 is 0 Å². The van der Waals surface area contributed by atoms with Crippen LogP contribution in [-0.2, 0) is 10.2 Å². The van der Waals surface area contributed by atoms with E-state index in [4.69, 9.17) is 4.74 Å². The van der Waals surface area contributed by atoms with Crippen molar-refractivity contribution in [3.63, 3.8) is 0 Å². The van der Waals surface area contributed by atoms with E-state index in [1.807, 2.05) is 68.3 Å². The van der Waals surface area contributed by atoms with Crippen molar-refractivity contribution >= 4 is 17.5 Å². The van der Waals surface area contributed by atoms with Crippen molar-refractivity contribution in [3.05, 3.63) is 59.7 Å². The van der Waals surface area contributed by atoms with E-state index in [0.29, 0.717) is 31.5 Å². The number of rotatable bonds is 3. The Morgan fingerprint density at radius 1 is 1.04 bits per heavy atom. The van der Waals surface area contributed by atoms with Crippen molar-refractivity contribution in [2.45, 2.75) is 38.2 Å². The van der Waals surface area contributed by atoms with E-state index in [-0.39, 0.29) is 17.9 Å². The quantitative estimate of drug-likeness (QED) is 0.820. The Morgan fingerprint density at radius 2 is 1.68 bits per heavy atom. The molecule has 5 nitrogen and oxygen atoms in total. The first-order valence-electron chi connectivity index (χ1n) is 9.86. The van der Waals surface area contributed by atoms with Gasteiger partial charge >= 0.3 is 0 Å². The molecule has 2 amide bonds. The fourth-order valence-corrected chi connectivity index (χ4v) is 4.42. The number of amides is 2. The summed E-state index contributed by atoms with van der Waals surface area (Å²) in [5.74, 6) is 0.925. The number of hydrogen-bond donors (Lipinski definition) is 0. The third-order valence-electron chi connectivity index (χ3n) is 5.87. The SMILES string of the molecule is CC(C)Oc1ccc(C(=O)N2CCC3(CC2)C(=O)N(C)c2ccccc23)cc1. The monoisotopic (exact) mass is 378 g/mol. The Kier molecular flexibility index (Phi) is 4.61. The summed E-state index contributed by atoms with van der Waals surface area (Å²) in [6.45, 7) is 5.11. The minimum absolute atomic E-state index is 0.0121. The largest absolute Gasteiger partial charge is 0.491 e. The number of piperidine rings is 1. The predicted octanol–water partition coefficient (Wildman–Crippen LogP) is 3.62. The molecule has 0 saturated carbocycles. The molecule has 0 aliphatic carbocycles.